The summed E-state index contributed by atoms with van der Waals surface area (Å²) in [5.41, 5.74) is 1.69. The molecule has 2 aromatic rings. The van der Waals surface area contributed by atoms with E-state index in [9.17, 15) is 9.59 Å². The number of hydrogen-bond donors (Lipinski definition) is 1. The maximum Gasteiger partial charge on any atom is 0.295 e. The van der Waals surface area contributed by atoms with E-state index in [0.29, 0.717) is 9.93 Å². The third kappa shape index (κ3) is 4.39. The summed E-state index contributed by atoms with van der Waals surface area (Å²) in [6, 6.07) is 14.9. The average molecular weight is 391 g/mol. The highest BCUT2D eigenvalue weighted by Gasteiger charge is 2.34. The molecule has 0 radical (unpaired) electrons. The lowest BCUT2D eigenvalue weighted by atomic mass is 10.2. The number of carbonyl (C=O) groups is 2. The molecule has 0 spiro atoms. The third-order valence-electron chi connectivity index (χ3n) is 3.57. The molecule has 3 rings (SSSR count). The first-order valence-corrected chi connectivity index (χ1v) is 9.87. The van der Waals surface area contributed by atoms with Gasteiger partial charge in [0.05, 0.1) is 11.6 Å². The van der Waals surface area contributed by atoms with Crippen molar-refractivity contribution >= 4 is 58.0 Å². The Hall–Kier alpha value is -1.89. The van der Waals surface area contributed by atoms with Crippen LogP contribution in [0.2, 0.25) is 5.02 Å². The Kier molecular flexibility index (Phi) is 5.73. The Labute approximate surface area is 159 Å². The number of rotatable bonds is 5. The van der Waals surface area contributed by atoms with Crippen molar-refractivity contribution in [1.82, 2.24) is 4.90 Å². The quantitative estimate of drug-likeness (QED) is 0.564. The first-order chi connectivity index (χ1) is 12.1. The van der Waals surface area contributed by atoms with Crippen LogP contribution in [0.1, 0.15) is 5.56 Å². The third-order valence-corrected chi connectivity index (χ3v) is 5.48. The molecule has 1 fully saturated rings. The molecule has 0 aliphatic carbocycles. The van der Waals surface area contributed by atoms with E-state index >= 15 is 0 Å². The van der Waals surface area contributed by atoms with Crippen molar-refractivity contribution in [3.05, 3.63) is 64.0 Å². The van der Waals surface area contributed by atoms with Crippen molar-refractivity contribution in [1.29, 1.82) is 0 Å². The zero-order valence-corrected chi connectivity index (χ0v) is 15.8. The predicted molar refractivity (Wildman–Crippen MR) is 106 cm³/mol. The highest BCUT2D eigenvalue weighted by atomic mass is 35.5. The van der Waals surface area contributed by atoms with Gasteiger partial charge in [0.25, 0.3) is 11.1 Å². The summed E-state index contributed by atoms with van der Waals surface area (Å²) in [6.07, 6.45) is 3.76. The van der Waals surface area contributed by atoms with E-state index in [1.807, 2.05) is 30.5 Å². The Balaban J connectivity index is 1.68. The smallest absolute Gasteiger partial charge is 0.295 e. The Morgan fingerprint density at radius 1 is 1.12 bits per heavy atom. The molecule has 0 atom stereocenters. The van der Waals surface area contributed by atoms with Crippen LogP contribution in [0.4, 0.5) is 10.5 Å². The van der Waals surface area contributed by atoms with E-state index < -0.39 is 0 Å². The van der Waals surface area contributed by atoms with Crippen LogP contribution in [0.5, 0.6) is 0 Å². The fourth-order valence-corrected chi connectivity index (χ4v) is 3.60. The molecule has 2 aromatic carbocycles. The van der Waals surface area contributed by atoms with Crippen molar-refractivity contribution in [2.45, 2.75) is 4.90 Å². The number of thioether (sulfide) groups is 2. The summed E-state index contributed by atoms with van der Waals surface area (Å²) in [7, 11) is 0. The monoisotopic (exact) mass is 390 g/mol. The maximum atomic E-state index is 12.5. The first kappa shape index (κ1) is 17.9. The second-order valence-corrected chi connectivity index (χ2v) is 7.53. The molecule has 1 saturated heterocycles. The Morgan fingerprint density at radius 2 is 1.80 bits per heavy atom. The van der Waals surface area contributed by atoms with Crippen LogP contribution < -0.4 is 5.32 Å². The number of halogens is 1. The molecular weight excluding hydrogens is 376 g/mol. The van der Waals surface area contributed by atoms with Gasteiger partial charge in [-0.25, -0.2) is 0 Å². The average Bonchev–Trinajstić information content (AvgIpc) is 2.89. The van der Waals surface area contributed by atoms with Gasteiger partial charge in [-0.05, 0) is 66.1 Å². The van der Waals surface area contributed by atoms with Crippen LogP contribution in [0, 0.1) is 0 Å². The van der Waals surface area contributed by atoms with Crippen LogP contribution in [-0.4, -0.2) is 29.0 Å². The van der Waals surface area contributed by atoms with Gasteiger partial charge in [-0.3, -0.25) is 14.5 Å². The van der Waals surface area contributed by atoms with E-state index in [2.05, 4.69) is 5.32 Å². The molecule has 25 heavy (non-hydrogen) atoms. The van der Waals surface area contributed by atoms with E-state index in [4.69, 9.17) is 11.6 Å². The van der Waals surface area contributed by atoms with E-state index in [1.54, 1.807) is 42.1 Å². The second kappa shape index (κ2) is 7.99. The van der Waals surface area contributed by atoms with Gasteiger partial charge in [0.15, 0.2) is 0 Å². The fourth-order valence-electron chi connectivity index (χ4n) is 2.23. The fraction of sp³-hybridized carbons (Fsp3) is 0.111. The standard InChI is InChI=1S/C18H15ClN2O2S2/c1-24-15-8-2-12(3-9-15)10-16-17(22)21(18(23)25-16)11-20-14-6-4-13(19)5-7-14/h2-10,20H,11H2,1H3. The molecule has 2 amide bonds. The number of nitrogens with zero attached hydrogens (tertiary/aromatic N) is 1. The molecule has 1 aliphatic heterocycles. The van der Waals surface area contributed by atoms with E-state index in [1.165, 1.54) is 4.90 Å². The largest absolute Gasteiger partial charge is 0.367 e. The van der Waals surface area contributed by atoms with Gasteiger partial charge in [0.2, 0.25) is 0 Å². The van der Waals surface area contributed by atoms with Gasteiger partial charge in [-0.15, -0.1) is 11.8 Å². The molecule has 0 bridgehead atoms. The highest BCUT2D eigenvalue weighted by Crippen LogP contribution is 2.32. The van der Waals surface area contributed by atoms with Crippen LogP contribution >= 0.6 is 35.1 Å². The topological polar surface area (TPSA) is 49.4 Å². The van der Waals surface area contributed by atoms with Crippen molar-refractivity contribution < 1.29 is 9.59 Å². The van der Waals surface area contributed by atoms with Crippen molar-refractivity contribution in [2.24, 2.45) is 0 Å². The minimum Gasteiger partial charge on any atom is -0.367 e. The molecule has 1 heterocycles. The molecule has 7 heteroatoms. The lowest BCUT2D eigenvalue weighted by Gasteiger charge is -2.14. The van der Waals surface area contributed by atoms with E-state index in [-0.39, 0.29) is 17.8 Å². The molecular formula is C18H15ClN2O2S2. The molecule has 4 nitrogen and oxygen atoms in total. The van der Waals surface area contributed by atoms with Crippen LogP contribution in [-0.2, 0) is 4.79 Å². The van der Waals surface area contributed by atoms with Crippen LogP contribution in [0.15, 0.2) is 58.3 Å². The van der Waals surface area contributed by atoms with Gasteiger partial charge >= 0.3 is 0 Å². The van der Waals surface area contributed by atoms with Gasteiger partial charge in [0.1, 0.15) is 0 Å². The number of hydrogen-bond acceptors (Lipinski definition) is 5. The van der Waals surface area contributed by atoms with Gasteiger partial charge in [0, 0.05) is 15.6 Å². The summed E-state index contributed by atoms with van der Waals surface area (Å²) >= 11 is 8.45. The van der Waals surface area contributed by atoms with Gasteiger partial charge < -0.3 is 5.32 Å². The summed E-state index contributed by atoms with van der Waals surface area (Å²) in [4.78, 5) is 27.4. The number of anilines is 1. The summed E-state index contributed by atoms with van der Waals surface area (Å²) in [5.74, 6) is -0.287. The zero-order valence-electron chi connectivity index (χ0n) is 13.4. The number of imide groups is 1. The lowest BCUT2D eigenvalue weighted by Crippen LogP contribution is -2.33. The molecule has 128 valence electrons. The summed E-state index contributed by atoms with van der Waals surface area (Å²) in [6.45, 7) is 0.120. The number of carbonyl (C=O) groups excluding carboxylic acids is 2. The molecule has 1 N–H and O–H groups in total. The minimum absolute atomic E-state index is 0.120. The number of amides is 2. The molecule has 1 aliphatic rings. The van der Waals surface area contributed by atoms with E-state index in [0.717, 1.165) is 27.9 Å². The van der Waals surface area contributed by atoms with Gasteiger partial charge in [-0.1, -0.05) is 23.7 Å². The Bertz CT molecular complexity index is 820. The normalized spacial score (nSPS) is 15.9. The van der Waals surface area contributed by atoms with Crippen LogP contribution in [0.3, 0.4) is 0 Å². The molecule has 0 unspecified atom stereocenters. The summed E-state index contributed by atoms with van der Waals surface area (Å²) in [5, 5.41) is 3.41. The van der Waals surface area contributed by atoms with Gasteiger partial charge in [-0.2, -0.15) is 0 Å². The Morgan fingerprint density at radius 3 is 2.44 bits per heavy atom. The first-order valence-electron chi connectivity index (χ1n) is 7.45. The SMILES string of the molecule is CSc1ccc(C=C2SC(=O)N(CNc3ccc(Cl)cc3)C2=O)cc1. The van der Waals surface area contributed by atoms with Crippen molar-refractivity contribution in [2.75, 3.05) is 18.2 Å². The second-order valence-electron chi connectivity index (χ2n) is 5.22. The zero-order chi connectivity index (χ0) is 17.8. The molecule has 0 saturated carbocycles. The van der Waals surface area contributed by atoms with Crippen molar-refractivity contribution in [3.8, 4) is 0 Å². The van der Waals surface area contributed by atoms with Crippen LogP contribution in [0.25, 0.3) is 6.08 Å². The summed E-state index contributed by atoms with van der Waals surface area (Å²) < 4.78 is 0. The predicted octanol–water partition coefficient (Wildman–Crippen LogP) is 5.17. The minimum atomic E-state index is -0.287. The number of nitrogens with one attached hydrogen (secondary N) is 1. The maximum absolute atomic E-state index is 12.5. The molecule has 0 aromatic heterocycles. The highest BCUT2D eigenvalue weighted by molar-refractivity contribution is 8.18. The lowest BCUT2D eigenvalue weighted by molar-refractivity contribution is -0.122. The number of benzene rings is 2. The van der Waals surface area contributed by atoms with Crippen molar-refractivity contribution in [3.63, 3.8) is 0 Å².